The Morgan fingerprint density at radius 1 is 1.28 bits per heavy atom. The van der Waals surface area contributed by atoms with Crippen molar-refractivity contribution in [1.82, 2.24) is 14.8 Å². The number of nitrogens with one attached hydrogen (secondary N) is 1. The number of carbonyl (C=O) groups is 2. The number of benzene rings is 1. The lowest BCUT2D eigenvalue weighted by Crippen LogP contribution is -2.54. The van der Waals surface area contributed by atoms with Crippen LogP contribution in [-0.4, -0.2) is 65.6 Å². The van der Waals surface area contributed by atoms with E-state index in [4.69, 9.17) is 4.74 Å². The molecule has 1 aliphatic rings. The molecule has 1 unspecified atom stereocenters. The average Bonchev–Trinajstić information content (AvgIpc) is 3.03. The fourth-order valence-corrected chi connectivity index (χ4v) is 3.68. The summed E-state index contributed by atoms with van der Waals surface area (Å²) in [5.41, 5.74) is 0.888. The van der Waals surface area contributed by atoms with Crippen molar-refractivity contribution in [3.05, 3.63) is 24.3 Å². The fraction of sp³-hybridized carbons (Fsp3) is 0.471. The number of amides is 2. The number of nitrogens with zero attached hydrogens (tertiary/aromatic N) is 3. The van der Waals surface area contributed by atoms with Gasteiger partial charge in [-0.1, -0.05) is 23.5 Å². The maximum atomic E-state index is 12.5. The van der Waals surface area contributed by atoms with Crippen LogP contribution in [0.4, 0.5) is 9.93 Å². The molecule has 8 heteroatoms. The SMILES string of the molecule is CCOC(=O)N1CCN(C(C)C(=O)Nc2nc3ccccc3s2)CC1. The molecule has 1 aromatic carbocycles. The van der Waals surface area contributed by atoms with Crippen molar-refractivity contribution < 1.29 is 14.3 Å². The van der Waals surface area contributed by atoms with E-state index in [0.29, 0.717) is 37.9 Å². The van der Waals surface area contributed by atoms with Crippen LogP contribution in [0.2, 0.25) is 0 Å². The summed E-state index contributed by atoms with van der Waals surface area (Å²) in [6.07, 6.45) is -0.284. The highest BCUT2D eigenvalue weighted by Crippen LogP contribution is 2.25. The zero-order valence-corrected chi connectivity index (χ0v) is 15.2. The maximum Gasteiger partial charge on any atom is 0.409 e. The zero-order chi connectivity index (χ0) is 17.8. The Bertz CT molecular complexity index is 722. The second-order valence-corrected chi connectivity index (χ2v) is 6.90. The smallest absolute Gasteiger partial charge is 0.409 e. The Balaban J connectivity index is 1.55. The van der Waals surface area contributed by atoms with Gasteiger partial charge >= 0.3 is 6.09 Å². The Hall–Kier alpha value is -2.19. The second-order valence-electron chi connectivity index (χ2n) is 5.87. The van der Waals surface area contributed by atoms with Crippen molar-refractivity contribution in [3.63, 3.8) is 0 Å². The number of ether oxygens (including phenoxy) is 1. The molecule has 0 aliphatic carbocycles. The summed E-state index contributed by atoms with van der Waals surface area (Å²) in [7, 11) is 0. The van der Waals surface area contributed by atoms with Gasteiger partial charge in [-0.25, -0.2) is 9.78 Å². The molecule has 25 heavy (non-hydrogen) atoms. The molecule has 1 aromatic heterocycles. The first-order chi connectivity index (χ1) is 12.1. The first kappa shape index (κ1) is 17.6. The van der Waals surface area contributed by atoms with Crippen LogP contribution in [0.1, 0.15) is 13.8 Å². The first-order valence-electron chi connectivity index (χ1n) is 8.40. The molecule has 0 spiro atoms. The summed E-state index contributed by atoms with van der Waals surface area (Å²) in [5.74, 6) is -0.0800. The molecule has 2 amide bonds. The van der Waals surface area contributed by atoms with Crippen LogP contribution in [-0.2, 0) is 9.53 Å². The van der Waals surface area contributed by atoms with Crippen LogP contribution in [0, 0.1) is 0 Å². The summed E-state index contributed by atoms with van der Waals surface area (Å²) in [4.78, 5) is 32.4. The average molecular weight is 362 g/mol. The van der Waals surface area contributed by atoms with Crippen LogP contribution < -0.4 is 5.32 Å². The van der Waals surface area contributed by atoms with E-state index in [-0.39, 0.29) is 18.0 Å². The van der Waals surface area contributed by atoms with Crippen LogP contribution in [0.25, 0.3) is 10.2 Å². The number of rotatable bonds is 4. The third kappa shape index (κ3) is 4.08. The molecule has 1 saturated heterocycles. The lowest BCUT2D eigenvalue weighted by atomic mass is 10.2. The fourth-order valence-electron chi connectivity index (χ4n) is 2.81. The predicted octanol–water partition coefficient (Wildman–Crippen LogP) is 2.40. The Kier molecular flexibility index (Phi) is 5.50. The molecule has 1 N–H and O–H groups in total. The molecule has 1 fully saturated rings. The number of hydrogen-bond donors (Lipinski definition) is 1. The van der Waals surface area contributed by atoms with Gasteiger partial charge in [-0.05, 0) is 26.0 Å². The van der Waals surface area contributed by atoms with E-state index in [2.05, 4.69) is 15.2 Å². The van der Waals surface area contributed by atoms with Crippen molar-refractivity contribution in [2.75, 3.05) is 38.1 Å². The molecular weight excluding hydrogens is 340 g/mol. The van der Waals surface area contributed by atoms with Crippen molar-refractivity contribution in [1.29, 1.82) is 0 Å². The van der Waals surface area contributed by atoms with Gasteiger partial charge in [-0.15, -0.1) is 0 Å². The summed E-state index contributed by atoms with van der Waals surface area (Å²) in [6, 6.07) is 7.52. The highest BCUT2D eigenvalue weighted by atomic mass is 32.1. The molecule has 0 bridgehead atoms. The van der Waals surface area contributed by atoms with Crippen molar-refractivity contribution >= 4 is 38.7 Å². The van der Waals surface area contributed by atoms with E-state index in [1.54, 1.807) is 11.8 Å². The molecule has 0 radical (unpaired) electrons. The topological polar surface area (TPSA) is 74.8 Å². The molecule has 0 saturated carbocycles. The quantitative estimate of drug-likeness (QED) is 0.904. The van der Waals surface area contributed by atoms with Crippen molar-refractivity contribution in [3.8, 4) is 0 Å². The van der Waals surface area contributed by atoms with Gasteiger partial charge in [0.1, 0.15) is 0 Å². The highest BCUT2D eigenvalue weighted by molar-refractivity contribution is 7.22. The number of fused-ring (bicyclic) bond motifs is 1. The zero-order valence-electron chi connectivity index (χ0n) is 14.4. The number of piperazine rings is 1. The maximum absolute atomic E-state index is 12.5. The molecule has 1 aliphatic heterocycles. The van der Waals surface area contributed by atoms with E-state index < -0.39 is 0 Å². The van der Waals surface area contributed by atoms with E-state index in [1.165, 1.54) is 11.3 Å². The summed E-state index contributed by atoms with van der Waals surface area (Å²) in [6.45, 7) is 6.47. The summed E-state index contributed by atoms with van der Waals surface area (Å²) in [5, 5.41) is 3.52. The van der Waals surface area contributed by atoms with Crippen LogP contribution in [0.15, 0.2) is 24.3 Å². The van der Waals surface area contributed by atoms with E-state index in [9.17, 15) is 9.59 Å². The minimum absolute atomic E-state index is 0.0800. The Labute approximate surface area is 150 Å². The normalized spacial score (nSPS) is 16.6. The minimum Gasteiger partial charge on any atom is -0.450 e. The van der Waals surface area contributed by atoms with Crippen LogP contribution in [0.3, 0.4) is 0 Å². The standard InChI is InChI=1S/C17H22N4O3S/c1-3-24-17(23)21-10-8-20(9-11-21)12(2)15(22)19-16-18-13-6-4-5-7-14(13)25-16/h4-7,12H,3,8-11H2,1-2H3,(H,18,19,22). The molecule has 2 aromatic rings. The van der Waals surface area contributed by atoms with Gasteiger partial charge in [-0.2, -0.15) is 0 Å². The molecule has 2 heterocycles. The lowest BCUT2D eigenvalue weighted by Gasteiger charge is -2.36. The number of hydrogen-bond acceptors (Lipinski definition) is 6. The third-order valence-corrected chi connectivity index (χ3v) is 5.24. The van der Waals surface area contributed by atoms with Crippen molar-refractivity contribution in [2.24, 2.45) is 0 Å². The van der Waals surface area contributed by atoms with Gasteiger partial charge in [0.25, 0.3) is 0 Å². The van der Waals surface area contributed by atoms with Crippen molar-refractivity contribution in [2.45, 2.75) is 19.9 Å². The molecular formula is C17H22N4O3S. The lowest BCUT2D eigenvalue weighted by molar-refractivity contribution is -0.121. The third-order valence-electron chi connectivity index (χ3n) is 4.29. The number of aromatic nitrogens is 1. The van der Waals surface area contributed by atoms with Gasteiger partial charge in [0.15, 0.2) is 5.13 Å². The van der Waals surface area contributed by atoms with Crippen LogP contribution in [0.5, 0.6) is 0 Å². The molecule has 3 rings (SSSR count). The van der Waals surface area contributed by atoms with Gasteiger partial charge in [-0.3, -0.25) is 9.69 Å². The number of anilines is 1. The number of carbonyl (C=O) groups excluding carboxylic acids is 2. The summed E-state index contributed by atoms with van der Waals surface area (Å²) < 4.78 is 6.06. The van der Waals surface area contributed by atoms with Gasteiger partial charge in [0.2, 0.25) is 5.91 Å². The second kappa shape index (κ2) is 7.79. The van der Waals surface area contributed by atoms with Crippen LogP contribution >= 0.6 is 11.3 Å². The van der Waals surface area contributed by atoms with Gasteiger partial charge < -0.3 is 15.0 Å². The van der Waals surface area contributed by atoms with Gasteiger partial charge in [0.05, 0.1) is 22.9 Å². The monoisotopic (exact) mass is 362 g/mol. The van der Waals surface area contributed by atoms with Gasteiger partial charge in [0, 0.05) is 26.2 Å². The Morgan fingerprint density at radius 3 is 2.68 bits per heavy atom. The van der Waals surface area contributed by atoms with E-state index in [1.807, 2.05) is 31.2 Å². The van der Waals surface area contributed by atoms with E-state index in [0.717, 1.165) is 10.2 Å². The molecule has 1 atom stereocenters. The predicted molar refractivity (Wildman–Crippen MR) is 97.9 cm³/mol. The van der Waals surface area contributed by atoms with E-state index >= 15 is 0 Å². The molecule has 7 nitrogen and oxygen atoms in total. The largest absolute Gasteiger partial charge is 0.450 e. The molecule has 134 valence electrons. The highest BCUT2D eigenvalue weighted by Gasteiger charge is 2.28. The Morgan fingerprint density at radius 2 is 2.00 bits per heavy atom. The first-order valence-corrected chi connectivity index (χ1v) is 9.22. The minimum atomic E-state index is -0.284. The summed E-state index contributed by atoms with van der Waals surface area (Å²) >= 11 is 1.47. The number of para-hydroxylation sites is 1. The number of thiazole rings is 1.